The summed E-state index contributed by atoms with van der Waals surface area (Å²) in [6, 6.07) is 4.30. The Kier molecular flexibility index (Phi) is 5.16. The number of nitrogens with zero attached hydrogens (tertiary/aromatic N) is 5. The number of aromatic amines is 1. The van der Waals surface area contributed by atoms with Gasteiger partial charge in [0.2, 0.25) is 5.95 Å². The number of anilines is 2. The van der Waals surface area contributed by atoms with Crippen molar-refractivity contribution in [2.75, 3.05) is 11.9 Å². The van der Waals surface area contributed by atoms with Crippen molar-refractivity contribution in [3.63, 3.8) is 0 Å². The van der Waals surface area contributed by atoms with Gasteiger partial charge in [0.15, 0.2) is 17.5 Å². The molecule has 10 heteroatoms. The average Bonchev–Trinajstić information content (AvgIpc) is 3.53. The molecule has 1 aliphatic carbocycles. The van der Waals surface area contributed by atoms with Crippen molar-refractivity contribution in [1.29, 1.82) is 0 Å². The van der Waals surface area contributed by atoms with Crippen molar-refractivity contribution in [3.05, 3.63) is 53.4 Å². The second kappa shape index (κ2) is 8.04. The van der Waals surface area contributed by atoms with Crippen LogP contribution in [0.2, 0.25) is 0 Å². The average molecular weight is 450 g/mol. The lowest BCUT2D eigenvalue weighted by molar-refractivity contribution is -0.121. The zero-order valence-corrected chi connectivity index (χ0v) is 18.5. The number of halogens is 1. The number of carbonyl (C=O) groups is 1. The number of nitrogens with two attached hydrogens (primary N) is 1. The van der Waals surface area contributed by atoms with Gasteiger partial charge < -0.3 is 11.1 Å². The summed E-state index contributed by atoms with van der Waals surface area (Å²) in [6.45, 7) is 4.73. The summed E-state index contributed by atoms with van der Waals surface area (Å²) >= 11 is 0. The lowest BCUT2D eigenvalue weighted by atomic mass is 10.1. The van der Waals surface area contributed by atoms with Crippen LogP contribution in [-0.2, 0) is 11.2 Å². The van der Waals surface area contributed by atoms with Crippen LogP contribution in [0.5, 0.6) is 0 Å². The minimum Gasteiger partial charge on any atom is -0.364 e. The SMILES string of the molecule is CC(C)c1cc(Nc2nc([N+]3(c4ccc(F)nc4)CCCC3C(N)=O)nc3c2C=CC3)n[nH]1. The molecule has 1 amide bonds. The molecule has 1 saturated heterocycles. The topological polar surface area (TPSA) is 122 Å². The second-order valence-corrected chi connectivity index (χ2v) is 8.82. The summed E-state index contributed by atoms with van der Waals surface area (Å²) in [5.74, 6) is 0.965. The third-order valence-corrected chi connectivity index (χ3v) is 6.45. The van der Waals surface area contributed by atoms with E-state index in [1.807, 2.05) is 18.2 Å². The number of quaternary nitrogens is 1. The molecule has 170 valence electrons. The lowest BCUT2D eigenvalue weighted by Gasteiger charge is -2.35. The number of nitrogens with one attached hydrogen (secondary N) is 2. The Bertz CT molecular complexity index is 1240. The number of H-pyrrole nitrogens is 1. The monoisotopic (exact) mass is 449 g/mol. The molecule has 3 aromatic heterocycles. The van der Waals surface area contributed by atoms with Gasteiger partial charge in [-0.2, -0.15) is 19.5 Å². The Balaban J connectivity index is 1.65. The maximum Gasteiger partial charge on any atom is 0.337 e. The van der Waals surface area contributed by atoms with Crippen molar-refractivity contribution >= 4 is 35.3 Å². The predicted molar refractivity (Wildman–Crippen MR) is 123 cm³/mol. The van der Waals surface area contributed by atoms with Crippen LogP contribution in [0.3, 0.4) is 0 Å². The van der Waals surface area contributed by atoms with E-state index < -0.39 is 17.9 Å². The molecule has 0 spiro atoms. The van der Waals surface area contributed by atoms with E-state index in [1.165, 1.54) is 12.3 Å². The number of rotatable bonds is 6. The van der Waals surface area contributed by atoms with E-state index in [9.17, 15) is 9.18 Å². The van der Waals surface area contributed by atoms with Crippen LogP contribution >= 0.6 is 0 Å². The highest BCUT2D eigenvalue weighted by atomic mass is 19.1. The fourth-order valence-electron chi connectivity index (χ4n) is 4.75. The first-order chi connectivity index (χ1) is 15.9. The van der Waals surface area contributed by atoms with Gasteiger partial charge in [-0.3, -0.25) is 9.89 Å². The fraction of sp³-hybridized carbons (Fsp3) is 0.348. The molecule has 0 saturated carbocycles. The lowest BCUT2D eigenvalue weighted by Crippen LogP contribution is -2.55. The van der Waals surface area contributed by atoms with Gasteiger partial charge in [0.25, 0.3) is 5.91 Å². The molecule has 0 radical (unpaired) electrons. The first-order valence-corrected chi connectivity index (χ1v) is 11.1. The predicted octanol–water partition coefficient (Wildman–Crippen LogP) is 3.46. The number of hydrogen-bond acceptors (Lipinski definition) is 6. The molecule has 3 aromatic rings. The van der Waals surface area contributed by atoms with Gasteiger partial charge >= 0.3 is 5.95 Å². The summed E-state index contributed by atoms with van der Waals surface area (Å²) in [5.41, 5.74) is 9.22. The molecular formula is C23H26FN8O+. The quantitative estimate of drug-likeness (QED) is 0.391. The molecule has 33 heavy (non-hydrogen) atoms. The minimum atomic E-state index is -0.590. The summed E-state index contributed by atoms with van der Waals surface area (Å²) in [6.07, 6.45) is 7.45. The van der Waals surface area contributed by atoms with Gasteiger partial charge in [-0.1, -0.05) is 26.0 Å². The Morgan fingerprint density at radius 1 is 1.33 bits per heavy atom. The largest absolute Gasteiger partial charge is 0.364 e. The van der Waals surface area contributed by atoms with Crippen molar-refractivity contribution in [2.45, 2.75) is 45.1 Å². The molecular weight excluding hydrogens is 423 g/mol. The normalized spacial score (nSPS) is 21.5. The van der Waals surface area contributed by atoms with Crippen LogP contribution in [0, 0.1) is 5.95 Å². The third-order valence-electron chi connectivity index (χ3n) is 6.45. The molecule has 4 N–H and O–H groups in total. The zero-order valence-electron chi connectivity index (χ0n) is 18.5. The molecule has 1 fully saturated rings. The standard InChI is InChI=1S/C23H25FN8O/c1-13(2)17-11-20(31-30-17)28-22-15-5-3-6-16(15)27-23(29-22)32(10-4-7-18(32)21(25)33)14-8-9-19(24)26-12-14/h3,5,8-9,11-13,18H,4,6-7,10H2,1-2H3,(H3-,25,27,28,29,30,31,33)/p+1. The Morgan fingerprint density at radius 2 is 2.18 bits per heavy atom. The van der Waals surface area contributed by atoms with Gasteiger partial charge in [0, 0.05) is 42.7 Å². The Hall–Kier alpha value is -3.66. The molecule has 0 aromatic carbocycles. The van der Waals surface area contributed by atoms with Crippen LogP contribution in [0.15, 0.2) is 30.5 Å². The Labute approximate surface area is 190 Å². The molecule has 2 atom stereocenters. The molecule has 4 heterocycles. The van der Waals surface area contributed by atoms with E-state index in [4.69, 9.17) is 15.7 Å². The minimum absolute atomic E-state index is 0.0163. The van der Waals surface area contributed by atoms with Crippen molar-refractivity contribution in [1.82, 2.24) is 29.6 Å². The maximum atomic E-state index is 13.6. The number of carbonyl (C=O) groups excluding carboxylic acids is 1. The van der Waals surface area contributed by atoms with E-state index in [0.29, 0.717) is 48.6 Å². The van der Waals surface area contributed by atoms with Crippen LogP contribution in [-0.4, -0.2) is 43.6 Å². The highest BCUT2D eigenvalue weighted by Gasteiger charge is 2.52. The number of fused-ring (bicyclic) bond motifs is 1. The molecule has 2 unspecified atom stereocenters. The van der Waals surface area contributed by atoms with Crippen molar-refractivity contribution < 1.29 is 9.18 Å². The molecule has 1 aliphatic heterocycles. The van der Waals surface area contributed by atoms with Gasteiger partial charge in [-0.15, -0.1) is 0 Å². The number of hydrogen-bond donors (Lipinski definition) is 3. The van der Waals surface area contributed by atoms with Gasteiger partial charge in [-0.05, 0) is 12.0 Å². The van der Waals surface area contributed by atoms with E-state index in [-0.39, 0.29) is 4.48 Å². The highest BCUT2D eigenvalue weighted by molar-refractivity contribution is 5.85. The van der Waals surface area contributed by atoms with Crippen LogP contribution in [0.1, 0.15) is 49.6 Å². The van der Waals surface area contributed by atoms with Crippen LogP contribution in [0.4, 0.5) is 27.7 Å². The number of pyridine rings is 1. The number of allylic oxidation sites excluding steroid dienone is 1. The van der Waals surface area contributed by atoms with E-state index >= 15 is 0 Å². The van der Waals surface area contributed by atoms with Gasteiger partial charge in [0.1, 0.15) is 5.82 Å². The van der Waals surface area contributed by atoms with Gasteiger partial charge in [-0.25, -0.2) is 9.47 Å². The van der Waals surface area contributed by atoms with E-state index in [1.54, 1.807) is 6.07 Å². The number of amides is 1. The summed E-state index contributed by atoms with van der Waals surface area (Å²) < 4.78 is 13.6. The number of primary amides is 1. The third kappa shape index (κ3) is 3.56. The van der Waals surface area contributed by atoms with Crippen LogP contribution in [0.25, 0.3) is 6.08 Å². The highest BCUT2D eigenvalue weighted by Crippen LogP contribution is 2.43. The Morgan fingerprint density at radius 3 is 2.88 bits per heavy atom. The number of aromatic nitrogens is 5. The van der Waals surface area contributed by atoms with E-state index in [2.05, 4.69) is 34.3 Å². The first-order valence-electron chi connectivity index (χ1n) is 11.1. The second-order valence-electron chi connectivity index (χ2n) is 8.82. The first kappa shape index (κ1) is 21.2. The van der Waals surface area contributed by atoms with Crippen molar-refractivity contribution in [2.24, 2.45) is 5.73 Å². The molecule has 2 aliphatic rings. The summed E-state index contributed by atoms with van der Waals surface area (Å²) in [4.78, 5) is 26.1. The summed E-state index contributed by atoms with van der Waals surface area (Å²) in [5, 5.41) is 10.7. The fourth-order valence-corrected chi connectivity index (χ4v) is 4.75. The summed E-state index contributed by atoms with van der Waals surface area (Å²) in [7, 11) is 0. The zero-order chi connectivity index (χ0) is 23.2. The van der Waals surface area contributed by atoms with Crippen molar-refractivity contribution in [3.8, 4) is 0 Å². The maximum absolute atomic E-state index is 13.6. The smallest absolute Gasteiger partial charge is 0.337 e. The molecule has 5 rings (SSSR count). The molecule has 9 nitrogen and oxygen atoms in total. The van der Waals surface area contributed by atoms with Gasteiger partial charge in [0.05, 0.1) is 18.4 Å². The molecule has 0 bridgehead atoms. The van der Waals surface area contributed by atoms with Crippen LogP contribution < -0.4 is 15.5 Å². The van der Waals surface area contributed by atoms with E-state index in [0.717, 1.165) is 23.4 Å².